The molecule has 7 nitrogen and oxygen atoms in total. The van der Waals surface area contributed by atoms with Crippen molar-refractivity contribution in [2.24, 2.45) is 5.41 Å². The summed E-state index contributed by atoms with van der Waals surface area (Å²) < 4.78 is 0. The monoisotopic (exact) mass is 393 g/mol. The first-order valence-electron chi connectivity index (χ1n) is 10.1. The summed E-state index contributed by atoms with van der Waals surface area (Å²) in [5.74, 6) is 0.952. The number of fused-ring (bicyclic) bond motifs is 1. The molecule has 1 aromatic heterocycles. The number of benzene rings is 1. The van der Waals surface area contributed by atoms with Crippen molar-refractivity contribution in [1.29, 1.82) is 0 Å². The highest BCUT2D eigenvalue weighted by atomic mass is 16.2. The average molecular weight is 393 g/mol. The molecule has 1 spiro atoms. The van der Waals surface area contributed by atoms with Crippen LogP contribution in [-0.4, -0.2) is 65.3 Å². The van der Waals surface area contributed by atoms with E-state index < -0.39 is 5.41 Å². The minimum atomic E-state index is -0.470. The zero-order valence-corrected chi connectivity index (χ0v) is 17.0. The number of nitrogens with zero attached hydrogens (tertiary/aromatic N) is 5. The molecule has 0 unspecified atom stereocenters. The highest BCUT2D eigenvalue weighted by molar-refractivity contribution is 5.89. The van der Waals surface area contributed by atoms with Gasteiger partial charge in [-0.15, -0.1) is 0 Å². The lowest BCUT2D eigenvalue weighted by atomic mass is 9.73. The van der Waals surface area contributed by atoms with Gasteiger partial charge in [-0.25, -0.2) is 9.97 Å². The zero-order chi connectivity index (χ0) is 20.4. The van der Waals surface area contributed by atoms with E-state index in [0.29, 0.717) is 6.54 Å². The van der Waals surface area contributed by atoms with Gasteiger partial charge >= 0.3 is 0 Å². The van der Waals surface area contributed by atoms with Gasteiger partial charge in [-0.2, -0.15) is 0 Å². The first kappa shape index (κ1) is 19.4. The Kier molecular flexibility index (Phi) is 5.22. The Morgan fingerprint density at radius 3 is 2.52 bits per heavy atom. The van der Waals surface area contributed by atoms with Crippen LogP contribution in [-0.2, 0) is 22.6 Å². The first-order chi connectivity index (χ1) is 14.0. The molecule has 4 rings (SSSR count). The molecule has 0 atom stereocenters. The standard InChI is InChI=1S/C22H27N5O2/c1-25(2)20(28)15-27-14-18-6-4-3-5-17(18)13-22(21(27)29)8-11-26(12-9-22)19-7-10-23-16-24-19/h3-7,10,16H,8-9,11-15H2,1-2H3. The van der Waals surface area contributed by atoms with E-state index in [1.807, 2.05) is 18.2 Å². The van der Waals surface area contributed by atoms with E-state index in [4.69, 9.17) is 0 Å². The molecule has 1 fully saturated rings. The number of piperidine rings is 1. The number of rotatable bonds is 3. The molecule has 152 valence electrons. The van der Waals surface area contributed by atoms with Crippen LogP contribution in [0.1, 0.15) is 24.0 Å². The van der Waals surface area contributed by atoms with Crippen LogP contribution in [0.2, 0.25) is 0 Å². The molecular formula is C22H27N5O2. The lowest BCUT2D eigenvalue weighted by Gasteiger charge is -2.42. The Labute approximate surface area is 171 Å². The Morgan fingerprint density at radius 1 is 1.14 bits per heavy atom. The van der Waals surface area contributed by atoms with Crippen molar-refractivity contribution in [1.82, 2.24) is 19.8 Å². The van der Waals surface area contributed by atoms with Crippen LogP contribution in [0.25, 0.3) is 0 Å². The van der Waals surface area contributed by atoms with Gasteiger partial charge in [-0.1, -0.05) is 24.3 Å². The molecule has 0 radical (unpaired) electrons. The molecular weight excluding hydrogens is 366 g/mol. The molecule has 2 aliphatic rings. The fraction of sp³-hybridized carbons (Fsp3) is 0.455. The molecule has 1 saturated heterocycles. The Morgan fingerprint density at radius 2 is 1.86 bits per heavy atom. The van der Waals surface area contributed by atoms with Gasteiger partial charge in [0, 0.05) is 39.9 Å². The van der Waals surface area contributed by atoms with Crippen molar-refractivity contribution >= 4 is 17.6 Å². The number of carbonyl (C=O) groups excluding carboxylic acids is 2. The summed E-state index contributed by atoms with van der Waals surface area (Å²) in [6.07, 6.45) is 5.52. The molecule has 2 amide bonds. The van der Waals surface area contributed by atoms with Crippen molar-refractivity contribution < 1.29 is 9.59 Å². The van der Waals surface area contributed by atoms with E-state index in [9.17, 15) is 9.59 Å². The van der Waals surface area contributed by atoms with Gasteiger partial charge in [0.15, 0.2) is 0 Å². The third-order valence-electron chi connectivity index (χ3n) is 6.19. The molecule has 3 heterocycles. The topological polar surface area (TPSA) is 69.6 Å². The predicted octanol–water partition coefficient (Wildman–Crippen LogP) is 1.74. The Balaban J connectivity index is 1.61. The van der Waals surface area contributed by atoms with E-state index in [-0.39, 0.29) is 18.4 Å². The predicted molar refractivity (Wildman–Crippen MR) is 110 cm³/mol. The molecule has 29 heavy (non-hydrogen) atoms. The quantitative estimate of drug-likeness (QED) is 0.794. The SMILES string of the molecule is CN(C)C(=O)CN1Cc2ccccc2CC2(CCN(c3ccncn3)CC2)C1=O. The number of aromatic nitrogens is 2. The van der Waals surface area contributed by atoms with E-state index in [0.717, 1.165) is 43.7 Å². The summed E-state index contributed by atoms with van der Waals surface area (Å²) in [7, 11) is 3.46. The van der Waals surface area contributed by atoms with Crippen LogP contribution in [0.5, 0.6) is 0 Å². The van der Waals surface area contributed by atoms with Gasteiger partial charge in [0.25, 0.3) is 0 Å². The summed E-state index contributed by atoms with van der Waals surface area (Å²) in [6.45, 7) is 2.14. The van der Waals surface area contributed by atoms with Crippen molar-refractivity contribution in [2.75, 3.05) is 38.6 Å². The van der Waals surface area contributed by atoms with Crippen LogP contribution in [0.4, 0.5) is 5.82 Å². The maximum atomic E-state index is 13.7. The highest BCUT2D eigenvalue weighted by Gasteiger charge is 2.46. The fourth-order valence-corrected chi connectivity index (χ4v) is 4.39. The van der Waals surface area contributed by atoms with Crippen LogP contribution < -0.4 is 4.90 Å². The summed E-state index contributed by atoms with van der Waals surface area (Å²) in [4.78, 5) is 40.0. The maximum Gasteiger partial charge on any atom is 0.241 e. The lowest BCUT2D eigenvalue weighted by molar-refractivity contribution is -0.148. The zero-order valence-electron chi connectivity index (χ0n) is 17.0. The second-order valence-electron chi connectivity index (χ2n) is 8.23. The normalized spacial score (nSPS) is 18.3. The fourth-order valence-electron chi connectivity index (χ4n) is 4.39. The molecule has 2 aromatic rings. The van der Waals surface area contributed by atoms with Crippen molar-refractivity contribution in [2.45, 2.75) is 25.8 Å². The van der Waals surface area contributed by atoms with Crippen molar-refractivity contribution in [3.63, 3.8) is 0 Å². The number of hydrogen-bond donors (Lipinski definition) is 0. The van der Waals surface area contributed by atoms with Crippen LogP contribution in [0.3, 0.4) is 0 Å². The van der Waals surface area contributed by atoms with Gasteiger partial charge in [-0.3, -0.25) is 9.59 Å². The second kappa shape index (κ2) is 7.81. The number of likely N-dealkylation sites (N-methyl/N-ethyl adjacent to an activating group) is 1. The van der Waals surface area contributed by atoms with E-state index in [1.54, 1.807) is 36.4 Å². The molecule has 7 heteroatoms. The summed E-state index contributed by atoms with van der Waals surface area (Å²) in [5, 5.41) is 0. The van der Waals surface area contributed by atoms with Gasteiger partial charge in [0.2, 0.25) is 11.8 Å². The summed E-state index contributed by atoms with van der Waals surface area (Å²) >= 11 is 0. The van der Waals surface area contributed by atoms with E-state index >= 15 is 0 Å². The molecule has 0 N–H and O–H groups in total. The average Bonchev–Trinajstić information content (AvgIpc) is 2.85. The molecule has 0 saturated carbocycles. The van der Waals surface area contributed by atoms with Crippen molar-refractivity contribution in [3.05, 3.63) is 54.0 Å². The Hall–Kier alpha value is -2.96. The number of carbonyl (C=O) groups is 2. The smallest absolute Gasteiger partial charge is 0.241 e. The molecule has 0 aliphatic carbocycles. The minimum absolute atomic E-state index is 0.0497. The third kappa shape index (κ3) is 3.81. The number of amides is 2. The largest absolute Gasteiger partial charge is 0.356 e. The Bertz CT molecular complexity index is 891. The molecule has 2 aliphatic heterocycles. The summed E-state index contributed by atoms with van der Waals surface area (Å²) in [6, 6.07) is 10.1. The second-order valence-corrected chi connectivity index (χ2v) is 8.23. The molecule has 1 aromatic carbocycles. The number of hydrogen-bond acceptors (Lipinski definition) is 5. The summed E-state index contributed by atoms with van der Waals surface area (Å²) in [5.41, 5.74) is 1.89. The van der Waals surface area contributed by atoms with Gasteiger partial charge in [-0.05, 0) is 36.5 Å². The van der Waals surface area contributed by atoms with Gasteiger partial charge in [0.1, 0.15) is 18.7 Å². The van der Waals surface area contributed by atoms with E-state index in [1.165, 1.54) is 5.56 Å². The van der Waals surface area contributed by atoms with Crippen LogP contribution in [0, 0.1) is 5.41 Å². The van der Waals surface area contributed by atoms with Gasteiger partial charge < -0.3 is 14.7 Å². The number of anilines is 1. The molecule has 0 bridgehead atoms. The minimum Gasteiger partial charge on any atom is -0.356 e. The third-order valence-corrected chi connectivity index (χ3v) is 6.19. The van der Waals surface area contributed by atoms with Crippen molar-refractivity contribution in [3.8, 4) is 0 Å². The van der Waals surface area contributed by atoms with Crippen LogP contribution in [0.15, 0.2) is 42.9 Å². The highest BCUT2D eigenvalue weighted by Crippen LogP contribution is 2.41. The van der Waals surface area contributed by atoms with E-state index in [2.05, 4.69) is 27.0 Å². The van der Waals surface area contributed by atoms with Crippen LogP contribution >= 0.6 is 0 Å². The maximum absolute atomic E-state index is 13.7. The van der Waals surface area contributed by atoms with Gasteiger partial charge in [0.05, 0.1) is 5.41 Å². The first-order valence-corrected chi connectivity index (χ1v) is 10.1. The lowest BCUT2D eigenvalue weighted by Crippen LogP contribution is -2.52.